The minimum Gasteiger partial charge on any atom is -0.497 e. The van der Waals surface area contributed by atoms with Gasteiger partial charge in [-0.15, -0.1) is 0 Å². The number of fused-ring (bicyclic) bond motifs is 1. The summed E-state index contributed by atoms with van der Waals surface area (Å²) in [4.78, 5) is 12.4. The molecule has 0 fully saturated rings. The number of nitrogens with one attached hydrogen (secondary N) is 2. The summed E-state index contributed by atoms with van der Waals surface area (Å²) in [5.41, 5.74) is 3.41. The summed E-state index contributed by atoms with van der Waals surface area (Å²) in [7, 11) is 1.66. The third kappa shape index (κ3) is 3.34. The first-order valence-electron chi connectivity index (χ1n) is 8.89. The van der Waals surface area contributed by atoms with Crippen LogP contribution in [0.15, 0.2) is 54.6 Å². The number of aryl methyl sites for hydroxylation is 1. The second-order valence-corrected chi connectivity index (χ2v) is 6.76. The van der Waals surface area contributed by atoms with Gasteiger partial charge in [-0.2, -0.15) is 5.10 Å². The van der Waals surface area contributed by atoms with Crippen LogP contribution in [0.1, 0.15) is 17.3 Å². The first-order valence-corrected chi connectivity index (χ1v) is 9.27. The molecular formula is C21H19ClN4O2. The normalized spacial score (nSPS) is 11.0. The van der Waals surface area contributed by atoms with E-state index in [1.807, 2.05) is 24.3 Å². The molecule has 0 unspecified atom stereocenters. The molecule has 6 nitrogen and oxygen atoms in total. The lowest BCUT2D eigenvalue weighted by molar-refractivity contribution is 0.102. The monoisotopic (exact) mass is 394 g/mol. The number of rotatable bonds is 5. The average molecular weight is 395 g/mol. The van der Waals surface area contributed by atoms with Crippen molar-refractivity contribution in [1.82, 2.24) is 14.8 Å². The number of benzene rings is 2. The maximum absolute atomic E-state index is 12.4. The molecule has 0 saturated carbocycles. The lowest BCUT2D eigenvalue weighted by Crippen LogP contribution is -2.11. The van der Waals surface area contributed by atoms with Gasteiger partial charge in [-0.05, 0) is 49.4 Å². The molecule has 2 aromatic heterocycles. The number of aromatic amines is 1. The fourth-order valence-electron chi connectivity index (χ4n) is 3.23. The van der Waals surface area contributed by atoms with E-state index in [9.17, 15) is 4.79 Å². The standard InChI is InChI=1S/C21H19ClN4O2/c1-3-26-18-11-16(28-2)9-6-14(18)10-19(26)17-12-20(25-24-17)23-21(27)13-4-7-15(22)8-5-13/h4-12H,3H2,1-2H3,(H2,23,24,25,27). The predicted octanol–water partition coefficient (Wildman–Crippen LogP) is 4.97. The highest BCUT2D eigenvalue weighted by atomic mass is 35.5. The van der Waals surface area contributed by atoms with Crippen LogP contribution in [0.5, 0.6) is 5.75 Å². The smallest absolute Gasteiger partial charge is 0.256 e. The van der Waals surface area contributed by atoms with Gasteiger partial charge >= 0.3 is 0 Å². The van der Waals surface area contributed by atoms with Crippen molar-refractivity contribution < 1.29 is 9.53 Å². The van der Waals surface area contributed by atoms with E-state index in [-0.39, 0.29) is 5.91 Å². The van der Waals surface area contributed by atoms with Crippen LogP contribution in [0.2, 0.25) is 5.02 Å². The fraction of sp³-hybridized carbons (Fsp3) is 0.143. The number of carbonyl (C=O) groups excluding carboxylic acids is 1. The Morgan fingerprint density at radius 1 is 1.18 bits per heavy atom. The molecular weight excluding hydrogens is 376 g/mol. The van der Waals surface area contributed by atoms with E-state index < -0.39 is 0 Å². The Morgan fingerprint density at radius 2 is 1.96 bits per heavy atom. The molecule has 0 aliphatic rings. The summed E-state index contributed by atoms with van der Waals surface area (Å²) >= 11 is 5.87. The van der Waals surface area contributed by atoms with Crippen molar-refractivity contribution in [1.29, 1.82) is 0 Å². The van der Waals surface area contributed by atoms with Gasteiger partial charge in [0.05, 0.1) is 24.0 Å². The fourth-order valence-corrected chi connectivity index (χ4v) is 3.36. The molecule has 0 aliphatic carbocycles. The summed E-state index contributed by atoms with van der Waals surface area (Å²) in [6.45, 7) is 2.87. The van der Waals surface area contributed by atoms with Crippen molar-refractivity contribution in [2.45, 2.75) is 13.5 Å². The predicted molar refractivity (Wildman–Crippen MR) is 111 cm³/mol. The van der Waals surface area contributed by atoms with E-state index in [4.69, 9.17) is 16.3 Å². The van der Waals surface area contributed by atoms with E-state index in [0.717, 1.165) is 34.6 Å². The summed E-state index contributed by atoms with van der Waals surface area (Å²) < 4.78 is 7.52. The second-order valence-electron chi connectivity index (χ2n) is 6.33. The molecule has 7 heteroatoms. The third-order valence-electron chi connectivity index (χ3n) is 4.63. The van der Waals surface area contributed by atoms with Crippen molar-refractivity contribution in [3.63, 3.8) is 0 Å². The molecule has 0 saturated heterocycles. The SMILES string of the molecule is CCn1c(-c2cc(NC(=O)c3ccc(Cl)cc3)n[nH]2)cc2ccc(OC)cc21. The zero-order chi connectivity index (χ0) is 19.7. The van der Waals surface area contributed by atoms with E-state index in [2.05, 4.69) is 33.1 Å². The molecule has 0 radical (unpaired) electrons. The van der Waals surface area contributed by atoms with Gasteiger partial charge in [0.25, 0.3) is 5.91 Å². The molecule has 1 amide bonds. The molecule has 2 heterocycles. The lowest BCUT2D eigenvalue weighted by atomic mass is 10.2. The van der Waals surface area contributed by atoms with Gasteiger partial charge in [0, 0.05) is 34.6 Å². The third-order valence-corrected chi connectivity index (χ3v) is 4.88. The van der Waals surface area contributed by atoms with Gasteiger partial charge in [-0.25, -0.2) is 0 Å². The highest BCUT2D eigenvalue weighted by molar-refractivity contribution is 6.30. The Balaban J connectivity index is 1.63. The quantitative estimate of drug-likeness (QED) is 0.502. The molecule has 4 rings (SSSR count). The first-order chi connectivity index (χ1) is 13.6. The van der Waals surface area contributed by atoms with Crippen LogP contribution in [-0.2, 0) is 6.54 Å². The summed E-state index contributed by atoms with van der Waals surface area (Å²) in [6.07, 6.45) is 0. The van der Waals surface area contributed by atoms with Crippen molar-refractivity contribution in [2.75, 3.05) is 12.4 Å². The Labute approximate surface area is 167 Å². The van der Waals surface area contributed by atoms with Gasteiger partial charge in [-0.3, -0.25) is 9.89 Å². The molecule has 0 atom stereocenters. The molecule has 0 bridgehead atoms. The molecule has 142 valence electrons. The number of H-pyrrole nitrogens is 1. The van der Waals surface area contributed by atoms with Crippen LogP contribution in [0, 0.1) is 0 Å². The van der Waals surface area contributed by atoms with Crippen LogP contribution < -0.4 is 10.1 Å². The van der Waals surface area contributed by atoms with Crippen molar-refractivity contribution >= 4 is 34.2 Å². The van der Waals surface area contributed by atoms with Crippen LogP contribution >= 0.6 is 11.6 Å². The summed E-state index contributed by atoms with van der Waals surface area (Å²) in [6, 6.07) is 16.6. The molecule has 0 spiro atoms. The summed E-state index contributed by atoms with van der Waals surface area (Å²) in [5, 5.41) is 11.7. The van der Waals surface area contributed by atoms with Gasteiger partial charge < -0.3 is 14.6 Å². The highest BCUT2D eigenvalue weighted by Gasteiger charge is 2.14. The molecule has 0 aliphatic heterocycles. The Hall–Kier alpha value is -3.25. The number of carbonyl (C=O) groups is 1. The van der Waals surface area contributed by atoms with Crippen LogP contribution in [0.3, 0.4) is 0 Å². The van der Waals surface area contributed by atoms with Crippen molar-refractivity contribution in [2.24, 2.45) is 0 Å². The number of aromatic nitrogens is 3. The molecule has 28 heavy (non-hydrogen) atoms. The van der Waals surface area contributed by atoms with Gasteiger partial charge in [0.1, 0.15) is 5.75 Å². The number of amides is 1. The maximum Gasteiger partial charge on any atom is 0.256 e. The minimum atomic E-state index is -0.240. The Kier molecular flexibility index (Phi) is 4.79. The van der Waals surface area contributed by atoms with Crippen LogP contribution in [-0.4, -0.2) is 27.8 Å². The first kappa shape index (κ1) is 18.1. The Morgan fingerprint density at radius 3 is 2.68 bits per heavy atom. The van der Waals surface area contributed by atoms with Crippen molar-refractivity contribution in [3.8, 4) is 17.1 Å². The maximum atomic E-state index is 12.4. The summed E-state index contributed by atoms with van der Waals surface area (Å²) in [5.74, 6) is 1.03. The number of methoxy groups -OCH3 is 1. The van der Waals surface area contributed by atoms with E-state index in [0.29, 0.717) is 16.4 Å². The molecule has 2 aromatic carbocycles. The molecule has 4 aromatic rings. The highest BCUT2D eigenvalue weighted by Crippen LogP contribution is 2.30. The van der Waals surface area contributed by atoms with Crippen molar-refractivity contribution in [3.05, 3.63) is 65.2 Å². The zero-order valence-corrected chi connectivity index (χ0v) is 16.2. The number of hydrogen-bond donors (Lipinski definition) is 2. The van der Waals surface area contributed by atoms with Gasteiger partial charge in [-0.1, -0.05) is 11.6 Å². The number of hydrogen-bond acceptors (Lipinski definition) is 3. The van der Waals surface area contributed by atoms with E-state index >= 15 is 0 Å². The van der Waals surface area contributed by atoms with Gasteiger partial charge in [0.15, 0.2) is 5.82 Å². The minimum absolute atomic E-state index is 0.240. The number of halogens is 1. The number of anilines is 1. The molecule has 2 N–H and O–H groups in total. The zero-order valence-electron chi connectivity index (χ0n) is 15.5. The number of ether oxygens (including phenoxy) is 1. The largest absolute Gasteiger partial charge is 0.497 e. The average Bonchev–Trinajstić information content (AvgIpc) is 3.31. The van der Waals surface area contributed by atoms with E-state index in [1.165, 1.54) is 0 Å². The number of nitrogens with zero attached hydrogens (tertiary/aromatic N) is 2. The topological polar surface area (TPSA) is 71.9 Å². The van der Waals surface area contributed by atoms with E-state index in [1.54, 1.807) is 31.4 Å². The lowest BCUT2D eigenvalue weighted by Gasteiger charge is -2.07. The second kappa shape index (κ2) is 7.40. The van der Waals surface area contributed by atoms with Crippen LogP contribution in [0.4, 0.5) is 5.82 Å². The van der Waals surface area contributed by atoms with Gasteiger partial charge in [0.2, 0.25) is 0 Å². The van der Waals surface area contributed by atoms with Crippen LogP contribution in [0.25, 0.3) is 22.3 Å². The Bertz CT molecular complexity index is 1150.